The Bertz CT molecular complexity index is 285. The minimum Gasteiger partial charge on any atom is -0.480 e. The number of hydrogen-bond donors (Lipinski definition) is 2. The van der Waals surface area contributed by atoms with Crippen molar-refractivity contribution < 1.29 is 9.90 Å². The van der Waals surface area contributed by atoms with Gasteiger partial charge in [-0.25, -0.2) is 4.98 Å². The van der Waals surface area contributed by atoms with Gasteiger partial charge in [0.2, 0.25) is 0 Å². The number of aryl methyl sites for hydroxylation is 1. The highest BCUT2D eigenvalue weighted by Crippen LogP contribution is 2.13. The van der Waals surface area contributed by atoms with E-state index in [2.05, 4.69) is 17.6 Å². The maximum Gasteiger partial charge on any atom is 0.316 e. The molecule has 1 aromatic rings. The van der Waals surface area contributed by atoms with E-state index in [1.807, 2.05) is 12.3 Å². The van der Waals surface area contributed by atoms with Crippen LogP contribution in [0.4, 0.5) is 0 Å². The Hall–Kier alpha value is -0.550. The molecule has 0 fully saturated rings. The quantitative estimate of drug-likeness (QED) is 0.730. The predicted molar refractivity (Wildman–Crippen MR) is 51.0 cm³/mol. The van der Waals surface area contributed by atoms with Gasteiger partial charge >= 0.3 is 5.97 Å². The van der Waals surface area contributed by atoms with Crippen molar-refractivity contribution in [3.05, 3.63) is 16.1 Å². The number of hydrogen-bond acceptors (Lipinski definition) is 4. The fourth-order valence-corrected chi connectivity index (χ4v) is 1.86. The van der Waals surface area contributed by atoms with Crippen LogP contribution in [0.1, 0.15) is 10.7 Å². The van der Waals surface area contributed by atoms with Crippen LogP contribution in [0.5, 0.6) is 0 Å². The van der Waals surface area contributed by atoms with Gasteiger partial charge in [0, 0.05) is 17.5 Å². The summed E-state index contributed by atoms with van der Waals surface area (Å²) in [5, 5.41) is 10.6. The van der Waals surface area contributed by atoms with Gasteiger partial charge < -0.3 is 5.11 Å². The van der Waals surface area contributed by atoms with Crippen LogP contribution < -0.4 is 0 Å². The second-order valence-corrected chi connectivity index (χ2v) is 4.01. The molecule has 5 heteroatoms. The Morgan fingerprint density at radius 1 is 1.92 bits per heavy atom. The van der Waals surface area contributed by atoms with Gasteiger partial charge in [-0.1, -0.05) is 0 Å². The van der Waals surface area contributed by atoms with E-state index in [0.717, 1.165) is 10.7 Å². The van der Waals surface area contributed by atoms with E-state index in [4.69, 9.17) is 5.11 Å². The number of carbonyl (C=O) groups is 1. The van der Waals surface area contributed by atoms with E-state index >= 15 is 0 Å². The van der Waals surface area contributed by atoms with Crippen molar-refractivity contribution in [1.82, 2.24) is 4.98 Å². The third kappa shape index (κ3) is 2.49. The van der Waals surface area contributed by atoms with Crippen molar-refractivity contribution in [3.8, 4) is 0 Å². The van der Waals surface area contributed by atoms with Crippen molar-refractivity contribution in [3.63, 3.8) is 0 Å². The molecule has 0 saturated carbocycles. The molecule has 0 aliphatic rings. The average Bonchev–Trinajstić information content (AvgIpc) is 2.35. The third-order valence-corrected chi connectivity index (χ3v) is 2.71. The molecule has 0 aliphatic carbocycles. The van der Waals surface area contributed by atoms with Crippen molar-refractivity contribution in [1.29, 1.82) is 0 Å². The second kappa shape index (κ2) is 3.91. The Labute approximate surface area is 79.9 Å². The first-order chi connectivity index (χ1) is 5.59. The first-order valence-electron chi connectivity index (χ1n) is 3.41. The Kier molecular flexibility index (Phi) is 3.11. The lowest BCUT2D eigenvalue weighted by molar-refractivity contribution is -0.136. The van der Waals surface area contributed by atoms with Crippen LogP contribution in [0.15, 0.2) is 5.38 Å². The molecule has 0 amide bonds. The molecule has 1 heterocycles. The molecular formula is C7H9NO2S2. The molecule has 1 rings (SSSR count). The molecule has 0 bridgehead atoms. The first-order valence-corrected chi connectivity index (χ1v) is 4.81. The van der Waals surface area contributed by atoms with Gasteiger partial charge in [0.25, 0.3) is 0 Å². The van der Waals surface area contributed by atoms with Gasteiger partial charge in [0.15, 0.2) is 0 Å². The van der Waals surface area contributed by atoms with Gasteiger partial charge in [-0.05, 0) is 6.92 Å². The molecule has 66 valence electrons. The van der Waals surface area contributed by atoms with Gasteiger partial charge in [0.05, 0.1) is 5.01 Å². The van der Waals surface area contributed by atoms with Gasteiger partial charge in [-0.3, -0.25) is 4.79 Å². The zero-order chi connectivity index (χ0) is 9.14. The summed E-state index contributed by atoms with van der Waals surface area (Å²) in [4.78, 5) is 14.6. The number of aliphatic carboxylic acids is 1. The smallest absolute Gasteiger partial charge is 0.316 e. The molecule has 0 saturated heterocycles. The molecule has 0 radical (unpaired) electrons. The zero-order valence-electron chi connectivity index (χ0n) is 6.52. The van der Waals surface area contributed by atoms with E-state index in [-0.39, 0.29) is 0 Å². The van der Waals surface area contributed by atoms with E-state index in [0.29, 0.717) is 6.42 Å². The lowest BCUT2D eigenvalue weighted by atomic mass is 10.3. The molecular weight excluding hydrogens is 194 g/mol. The fraction of sp³-hybridized carbons (Fsp3) is 0.429. The van der Waals surface area contributed by atoms with Crippen LogP contribution in [0, 0.1) is 6.92 Å². The second-order valence-electron chi connectivity index (χ2n) is 2.44. The summed E-state index contributed by atoms with van der Waals surface area (Å²) in [5.74, 6) is -0.897. The van der Waals surface area contributed by atoms with Crippen LogP contribution >= 0.6 is 24.0 Å². The van der Waals surface area contributed by atoms with Crippen molar-refractivity contribution in [2.24, 2.45) is 0 Å². The number of carboxylic acids is 1. The summed E-state index contributed by atoms with van der Waals surface area (Å²) in [6.07, 6.45) is 0.400. The lowest BCUT2D eigenvalue weighted by Gasteiger charge is -2.00. The highest BCUT2D eigenvalue weighted by molar-refractivity contribution is 7.81. The maximum absolute atomic E-state index is 10.4. The summed E-state index contributed by atoms with van der Waals surface area (Å²) < 4.78 is 0. The first kappa shape index (κ1) is 9.54. The lowest BCUT2D eigenvalue weighted by Crippen LogP contribution is -2.15. The predicted octanol–water partition coefficient (Wildman–Crippen LogP) is 1.38. The highest BCUT2D eigenvalue weighted by atomic mass is 32.1. The average molecular weight is 203 g/mol. The van der Waals surface area contributed by atoms with Gasteiger partial charge in [0.1, 0.15) is 5.25 Å². The minimum atomic E-state index is -0.897. The summed E-state index contributed by atoms with van der Waals surface area (Å²) in [6, 6.07) is 0. The maximum atomic E-state index is 10.4. The van der Waals surface area contributed by atoms with Crippen molar-refractivity contribution in [2.75, 3.05) is 0 Å². The minimum absolute atomic E-state index is 0.400. The molecule has 0 aromatic carbocycles. The number of nitrogens with zero attached hydrogens (tertiary/aromatic N) is 1. The standard InChI is InChI=1S/C7H9NO2S2/c1-4-3-12-6(8-4)2-5(11)7(9)10/h3,5,11H,2H2,1H3,(H,9,10). The van der Waals surface area contributed by atoms with E-state index < -0.39 is 11.2 Å². The Balaban J connectivity index is 2.58. The van der Waals surface area contributed by atoms with Crippen molar-refractivity contribution in [2.45, 2.75) is 18.6 Å². The largest absolute Gasteiger partial charge is 0.480 e. The number of rotatable bonds is 3. The zero-order valence-corrected chi connectivity index (χ0v) is 8.23. The molecule has 0 aliphatic heterocycles. The van der Waals surface area contributed by atoms with Crippen molar-refractivity contribution >= 4 is 29.9 Å². The van der Waals surface area contributed by atoms with Crippen LogP contribution in [-0.4, -0.2) is 21.3 Å². The Morgan fingerprint density at radius 3 is 3.00 bits per heavy atom. The number of aromatic nitrogens is 1. The highest BCUT2D eigenvalue weighted by Gasteiger charge is 2.14. The Morgan fingerprint density at radius 2 is 2.58 bits per heavy atom. The normalized spacial score (nSPS) is 12.8. The molecule has 1 unspecified atom stereocenters. The SMILES string of the molecule is Cc1csc(CC(S)C(=O)O)n1. The third-order valence-electron chi connectivity index (χ3n) is 1.32. The number of carboxylic acid groups (broad SMARTS) is 1. The summed E-state index contributed by atoms with van der Waals surface area (Å²) >= 11 is 5.38. The van der Waals surface area contributed by atoms with E-state index in [1.54, 1.807) is 0 Å². The summed E-state index contributed by atoms with van der Waals surface area (Å²) in [5.41, 5.74) is 0.931. The van der Waals surface area contributed by atoms with Crippen LogP contribution in [0.3, 0.4) is 0 Å². The molecule has 0 spiro atoms. The number of thiazole rings is 1. The summed E-state index contributed by atoms with van der Waals surface area (Å²) in [6.45, 7) is 1.88. The molecule has 1 atom stereocenters. The topological polar surface area (TPSA) is 50.2 Å². The summed E-state index contributed by atoms with van der Waals surface area (Å²) in [7, 11) is 0. The van der Waals surface area contributed by atoms with Crippen LogP contribution in [-0.2, 0) is 11.2 Å². The van der Waals surface area contributed by atoms with Crippen LogP contribution in [0.25, 0.3) is 0 Å². The fourth-order valence-electron chi connectivity index (χ4n) is 0.749. The van der Waals surface area contributed by atoms with Crippen LogP contribution in [0.2, 0.25) is 0 Å². The molecule has 1 N–H and O–H groups in total. The van der Waals surface area contributed by atoms with Gasteiger partial charge in [-0.2, -0.15) is 12.6 Å². The molecule has 12 heavy (non-hydrogen) atoms. The monoisotopic (exact) mass is 203 g/mol. The van der Waals surface area contributed by atoms with Gasteiger partial charge in [-0.15, -0.1) is 11.3 Å². The van der Waals surface area contributed by atoms with E-state index in [9.17, 15) is 4.79 Å². The molecule has 1 aromatic heterocycles. The number of thiol groups is 1. The van der Waals surface area contributed by atoms with E-state index in [1.165, 1.54) is 11.3 Å². The molecule has 3 nitrogen and oxygen atoms in total.